The third kappa shape index (κ3) is 2.09. The monoisotopic (exact) mass is 303 g/mol. The van der Waals surface area contributed by atoms with Gasteiger partial charge in [0, 0.05) is 4.88 Å². The Bertz CT molecular complexity index is 665. The standard InChI is InChI=1S/C12H8F3NO3S/c13-12(14,15)9-8(11(17)18)19-10(16-9)7-4-5-2-1-3-6(5)20-7/h4H,1-3H2,(H,17,18). The molecule has 1 N–H and O–H groups in total. The molecule has 0 spiro atoms. The Morgan fingerprint density at radius 3 is 2.70 bits per heavy atom. The second-order valence-corrected chi connectivity index (χ2v) is 5.55. The van der Waals surface area contributed by atoms with E-state index in [0.29, 0.717) is 4.88 Å². The highest BCUT2D eigenvalue weighted by molar-refractivity contribution is 7.15. The van der Waals surface area contributed by atoms with Gasteiger partial charge in [-0.3, -0.25) is 0 Å². The zero-order chi connectivity index (χ0) is 14.5. The van der Waals surface area contributed by atoms with E-state index in [-0.39, 0.29) is 5.89 Å². The summed E-state index contributed by atoms with van der Waals surface area (Å²) < 4.78 is 43.0. The van der Waals surface area contributed by atoms with E-state index in [4.69, 9.17) is 9.52 Å². The molecule has 0 amide bonds. The number of hydrogen-bond donors (Lipinski definition) is 1. The van der Waals surface area contributed by atoms with E-state index in [0.717, 1.165) is 29.7 Å². The molecular weight excluding hydrogens is 295 g/mol. The zero-order valence-electron chi connectivity index (χ0n) is 9.95. The van der Waals surface area contributed by atoms with Crippen LogP contribution in [-0.2, 0) is 19.0 Å². The van der Waals surface area contributed by atoms with Gasteiger partial charge in [0.1, 0.15) is 0 Å². The average Bonchev–Trinajstić information content (AvgIpc) is 3.00. The van der Waals surface area contributed by atoms with Crippen molar-refractivity contribution >= 4 is 17.3 Å². The first-order valence-corrected chi connectivity index (χ1v) is 6.61. The molecule has 0 bridgehead atoms. The van der Waals surface area contributed by atoms with Gasteiger partial charge in [0.2, 0.25) is 11.7 Å². The smallest absolute Gasteiger partial charge is 0.437 e. The number of fused-ring (bicyclic) bond motifs is 1. The van der Waals surface area contributed by atoms with Crippen LogP contribution in [0.2, 0.25) is 0 Å². The second kappa shape index (κ2) is 4.34. The first-order chi connectivity index (χ1) is 9.36. The zero-order valence-corrected chi connectivity index (χ0v) is 10.8. The summed E-state index contributed by atoms with van der Waals surface area (Å²) in [6, 6.07) is 1.73. The van der Waals surface area contributed by atoms with E-state index in [1.54, 1.807) is 6.07 Å². The van der Waals surface area contributed by atoms with Crippen molar-refractivity contribution in [1.29, 1.82) is 0 Å². The number of aryl methyl sites for hydroxylation is 2. The van der Waals surface area contributed by atoms with Gasteiger partial charge in [0.15, 0.2) is 5.69 Å². The van der Waals surface area contributed by atoms with E-state index in [2.05, 4.69) is 4.98 Å². The predicted molar refractivity (Wildman–Crippen MR) is 63.8 cm³/mol. The van der Waals surface area contributed by atoms with Crippen molar-refractivity contribution in [2.75, 3.05) is 0 Å². The molecule has 2 aromatic rings. The summed E-state index contributed by atoms with van der Waals surface area (Å²) in [5.41, 5.74) is -0.415. The van der Waals surface area contributed by atoms with Gasteiger partial charge < -0.3 is 9.52 Å². The quantitative estimate of drug-likeness (QED) is 0.920. The predicted octanol–water partition coefficient (Wildman–Crippen LogP) is 3.61. The number of carbonyl (C=O) groups is 1. The fourth-order valence-electron chi connectivity index (χ4n) is 2.20. The van der Waals surface area contributed by atoms with Crippen molar-refractivity contribution in [2.45, 2.75) is 25.4 Å². The first-order valence-electron chi connectivity index (χ1n) is 5.79. The van der Waals surface area contributed by atoms with E-state index < -0.39 is 23.6 Å². The number of nitrogens with zero attached hydrogens (tertiary/aromatic N) is 1. The van der Waals surface area contributed by atoms with Crippen molar-refractivity contribution in [1.82, 2.24) is 4.98 Å². The third-order valence-electron chi connectivity index (χ3n) is 3.05. The molecule has 0 atom stereocenters. The van der Waals surface area contributed by atoms with Crippen LogP contribution in [0, 0.1) is 0 Å². The molecule has 4 nitrogen and oxygen atoms in total. The Morgan fingerprint density at radius 2 is 2.15 bits per heavy atom. The molecule has 0 radical (unpaired) electrons. The van der Waals surface area contributed by atoms with Crippen LogP contribution in [0.1, 0.15) is 33.1 Å². The maximum Gasteiger partial charge on any atom is 0.437 e. The highest BCUT2D eigenvalue weighted by Crippen LogP contribution is 2.39. The molecule has 0 saturated carbocycles. The van der Waals surface area contributed by atoms with Crippen molar-refractivity contribution in [3.63, 3.8) is 0 Å². The Morgan fingerprint density at radius 1 is 1.40 bits per heavy atom. The van der Waals surface area contributed by atoms with Crippen LogP contribution in [0.5, 0.6) is 0 Å². The topological polar surface area (TPSA) is 63.3 Å². The number of carboxylic acids is 1. The molecule has 1 aliphatic rings. The van der Waals surface area contributed by atoms with Crippen LogP contribution >= 0.6 is 11.3 Å². The lowest BCUT2D eigenvalue weighted by molar-refractivity contribution is -0.141. The van der Waals surface area contributed by atoms with Gasteiger partial charge in [0.25, 0.3) is 0 Å². The van der Waals surface area contributed by atoms with Crippen LogP contribution in [0.25, 0.3) is 10.8 Å². The van der Waals surface area contributed by atoms with Crippen LogP contribution in [0.4, 0.5) is 13.2 Å². The van der Waals surface area contributed by atoms with Crippen LogP contribution in [-0.4, -0.2) is 16.1 Å². The summed E-state index contributed by atoms with van der Waals surface area (Å²) in [5, 5.41) is 8.78. The maximum atomic E-state index is 12.7. The van der Waals surface area contributed by atoms with Crippen molar-refractivity contribution in [3.8, 4) is 10.8 Å². The van der Waals surface area contributed by atoms with Gasteiger partial charge in [-0.05, 0) is 30.9 Å². The second-order valence-electron chi connectivity index (χ2n) is 4.41. The average molecular weight is 303 g/mol. The fourth-order valence-corrected chi connectivity index (χ4v) is 3.38. The molecule has 0 unspecified atom stereocenters. The highest BCUT2D eigenvalue weighted by Gasteiger charge is 2.41. The third-order valence-corrected chi connectivity index (χ3v) is 4.27. The minimum Gasteiger partial charge on any atom is -0.475 e. The molecule has 20 heavy (non-hydrogen) atoms. The number of hydrogen-bond acceptors (Lipinski definition) is 4. The maximum absolute atomic E-state index is 12.7. The van der Waals surface area contributed by atoms with E-state index in [1.165, 1.54) is 11.3 Å². The Hall–Kier alpha value is -1.83. The van der Waals surface area contributed by atoms with Crippen LogP contribution in [0.3, 0.4) is 0 Å². The minimum atomic E-state index is -4.85. The first kappa shape index (κ1) is 13.2. The van der Waals surface area contributed by atoms with Crippen LogP contribution < -0.4 is 0 Å². The number of rotatable bonds is 2. The number of aromatic nitrogens is 1. The molecule has 8 heteroatoms. The van der Waals surface area contributed by atoms with Gasteiger partial charge in [-0.2, -0.15) is 13.2 Å². The van der Waals surface area contributed by atoms with Gasteiger partial charge in [0.05, 0.1) is 4.88 Å². The summed E-state index contributed by atoms with van der Waals surface area (Å²) in [6.45, 7) is 0. The molecule has 0 saturated heterocycles. The van der Waals surface area contributed by atoms with Crippen molar-refractivity contribution in [3.05, 3.63) is 28.0 Å². The SMILES string of the molecule is O=C(O)c1oc(-c2cc3c(s2)CCC3)nc1C(F)(F)F. The van der Waals surface area contributed by atoms with Gasteiger partial charge in [-0.15, -0.1) is 11.3 Å². The number of aromatic carboxylic acids is 1. The number of thiophene rings is 1. The number of carboxylic acid groups (broad SMARTS) is 1. The molecule has 1 aliphatic carbocycles. The summed E-state index contributed by atoms with van der Waals surface area (Å²) in [6.07, 6.45) is -2.06. The van der Waals surface area contributed by atoms with Crippen molar-refractivity contribution in [2.24, 2.45) is 0 Å². The molecule has 3 rings (SSSR count). The van der Waals surface area contributed by atoms with Crippen LogP contribution in [0.15, 0.2) is 10.5 Å². The minimum absolute atomic E-state index is 0.283. The molecule has 0 aromatic carbocycles. The van der Waals surface area contributed by atoms with E-state index in [1.807, 2.05) is 0 Å². The summed E-state index contributed by atoms with van der Waals surface area (Å²) in [4.78, 5) is 15.7. The van der Waals surface area contributed by atoms with Gasteiger partial charge >= 0.3 is 12.1 Å². The molecule has 0 fully saturated rings. The Labute approximate surface area is 114 Å². The molecule has 106 valence electrons. The Kier molecular flexibility index (Phi) is 2.86. The number of alkyl halides is 3. The lowest BCUT2D eigenvalue weighted by Crippen LogP contribution is -2.11. The fraction of sp³-hybridized carbons (Fsp3) is 0.333. The number of oxazole rings is 1. The van der Waals surface area contributed by atoms with Crippen molar-refractivity contribution < 1.29 is 27.5 Å². The van der Waals surface area contributed by atoms with Gasteiger partial charge in [-0.25, -0.2) is 9.78 Å². The largest absolute Gasteiger partial charge is 0.475 e. The summed E-state index contributed by atoms with van der Waals surface area (Å²) >= 11 is 1.30. The molecular formula is C12H8F3NO3S. The van der Waals surface area contributed by atoms with Gasteiger partial charge in [-0.1, -0.05) is 0 Å². The number of halogens is 3. The lowest BCUT2D eigenvalue weighted by Gasteiger charge is -2.00. The molecule has 2 heterocycles. The highest BCUT2D eigenvalue weighted by atomic mass is 32.1. The normalized spacial score (nSPS) is 14.6. The molecule has 2 aromatic heterocycles. The van der Waals surface area contributed by atoms with E-state index in [9.17, 15) is 18.0 Å². The van der Waals surface area contributed by atoms with E-state index >= 15 is 0 Å². The Balaban J connectivity index is 2.08. The summed E-state index contributed by atoms with van der Waals surface area (Å²) in [5.74, 6) is -3.23. The lowest BCUT2D eigenvalue weighted by atomic mass is 10.2. The molecule has 0 aliphatic heterocycles. The summed E-state index contributed by atoms with van der Waals surface area (Å²) in [7, 11) is 0.